The van der Waals surface area contributed by atoms with Crippen LogP contribution in [0, 0.1) is 0 Å². The highest BCUT2D eigenvalue weighted by atomic mass is 35.5. The molecule has 0 saturated carbocycles. The molecule has 0 aliphatic rings. The Kier molecular flexibility index (Phi) is 8.37. The summed E-state index contributed by atoms with van der Waals surface area (Å²) in [5.41, 5.74) is 0.752. The first-order chi connectivity index (χ1) is 4.84. The second kappa shape index (κ2) is 7.16. The molecule has 70 valence electrons. The Balaban J connectivity index is 0. The molecule has 1 rings (SSSR count). The van der Waals surface area contributed by atoms with Gasteiger partial charge in [0, 0.05) is 18.3 Å². The molecule has 0 fully saturated rings. The fourth-order valence-electron chi connectivity index (χ4n) is 0.786. The molecular weight excluding hydrogens is 199 g/mol. The van der Waals surface area contributed by atoms with Crippen LogP contribution in [-0.2, 0) is 6.54 Å². The van der Waals surface area contributed by atoms with Gasteiger partial charge in [0.25, 0.3) is 5.56 Å². The minimum absolute atomic E-state index is 0. The van der Waals surface area contributed by atoms with Crippen molar-refractivity contribution in [2.24, 2.45) is 0 Å². The molecule has 0 aliphatic carbocycles. The number of halogens is 2. The van der Waals surface area contributed by atoms with Crippen LogP contribution in [0.1, 0.15) is 5.56 Å². The number of hydrogen-bond donors (Lipinski definition) is 2. The summed E-state index contributed by atoms with van der Waals surface area (Å²) in [5, 5.41) is 2.90. The summed E-state index contributed by atoms with van der Waals surface area (Å²) in [4.78, 5) is 13.5. The number of nitrogens with one attached hydrogen (secondary N) is 2. The van der Waals surface area contributed by atoms with Crippen LogP contribution >= 0.6 is 24.8 Å². The first kappa shape index (κ1) is 14.0. The summed E-state index contributed by atoms with van der Waals surface area (Å²) < 4.78 is 0. The van der Waals surface area contributed by atoms with Crippen LogP contribution in [0.5, 0.6) is 0 Å². The van der Waals surface area contributed by atoms with Crippen molar-refractivity contribution in [3.05, 3.63) is 34.2 Å². The summed E-state index contributed by atoms with van der Waals surface area (Å²) in [7, 11) is 1.81. The summed E-state index contributed by atoms with van der Waals surface area (Å²) in [5.74, 6) is 0. The number of rotatable bonds is 2. The summed E-state index contributed by atoms with van der Waals surface area (Å²) in [6.07, 6.45) is 1.63. The molecule has 3 nitrogen and oxygen atoms in total. The maximum atomic E-state index is 10.9. The molecule has 1 aromatic rings. The first-order valence-corrected chi connectivity index (χ1v) is 3.16. The van der Waals surface area contributed by atoms with Crippen molar-refractivity contribution in [3.63, 3.8) is 0 Å². The minimum Gasteiger partial charge on any atom is -0.329 e. The van der Waals surface area contributed by atoms with E-state index in [0.29, 0.717) is 6.54 Å². The van der Waals surface area contributed by atoms with Crippen LogP contribution < -0.4 is 10.9 Å². The molecule has 0 spiro atoms. The zero-order valence-electron chi connectivity index (χ0n) is 6.66. The number of pyridine rings is 1. The Morgan fingerprint density at radius 1 is 1.50 bits per heavy atom. The highest BCUT2D eigenvalue weighted by Crippen LogP contribution is 1.85. The van der Waals surface area contributed by atoms with E-state index in [1.54, 1.807) is 12.3 Å². The van der Waals surface area contributed by atoms with Crippen molar-refractivity contribution in [2.45, 2.75) is 6.54 Å². The molecule has 5 heteroatoms. The van der Waals surface area contributed by atoms with Crippen molar-refractivity contribution < 1.29 is 0 Å². The quantitative estimate of drug-likeness (QED) is 0.764. The van der Waals surface area contributed by atoms with Gasteiger partial charge in [-0.05, 0) is 13.1 Å². The van der Waals surface area contributed by atoms with Crippen LogP contribution in [0.3, 0.4) is 0 Å². The molecule has 0 saturated heterocycles. The maximum absolute atomic E-state index is 10.9. The Morgan fingerprint density at radius 3 is 2.67 bits per heavy atom. The van der Waals surface area contributed by atoms with Gasteiger partial charge in [0.15, 0.2) is 0 Å². The highest BCUT2D eigenvalue weighted by molar-refractivity contribution is 5.85. The lowest BCUT2D eigenvalue weighted by atomic mass is 10.3. The average molecular weight is 211 g/mol. The van der Waals surface area contributed by atoms with Gasteiger partial charge in [-0.3, -0.25) is 4.79 Å². The van der Waals surface area contributed by atoms with Crippen molar-refractivity contribution in [1.29, 1.82) is 0 Å². The predicted octanol–water partition coefficient (Wildman–Crippen LogP) is 0.938. The fraction of sp³-hybridized carbons (Fsp3) is 0.286. The molecule has 2 N–H and O–H groups in total. The van der Waals surface area contributed by atoms with Crippen molar-refractivity contribution in [1.82, 2.24) is 10.3 Å². The van der Waals surface area contributed by atoms with Gasteiger partial charge in [-0.25, -0.2) is 0 Å². The van der Waals surface area contributed by atoms with Gasteiger partial charge in [-0.15, -0.1) is 24.8 Å². The number of H-pyrrole nitrogens is 1. The Labute approximate surface area is 83.4 Å². The molecule has 1 aromatic heterocycles. The molecule has 0 unspecified atom stereocenters. The van der Waals surface area contributed by atoms with E-state index in [9.17, 15) is 4.79 Å². The predicted molar refractivity (Wildman–Crippen MR) is 54.3 cm³/mol. The van der Waals surface area contributed by atoms with Gasteiger partial charge < -0.3 is 10.3 Å². The molecule has 12 heavy (non-hydrogen) atoms. The molecule has 0 aliphatic heterocycles. The fourth-order valence-corrected chi connectivity index (χ4v) is 0.786. The van der Waals surface area contributed by atoms with Gasteiger partial charge in [-0.2, -0.15) is 0 Å². The average Bonchev–Trinajstić information content (AvgIpc) is 1.94. The normalized spacial score (nSPS) is 8.08. The van der Waals surface area contributed by atoms with Gasteiger partial charge in [0.2, 0.25) is 0 Å². The monoisotopic (exact) mass is 210 g/mol. The van der Waals surface area contributed by atoms with Crippen LogP contribution in [0.15, 0.2) is 23.1 Å². The van der Waals surface area contributed by atoms with E-state index in [0.717, 1.165) is 5.56 Å². The maximum Gasteiger partial charge on any atom is 0.252 e. The zero-order valence-corrected chi connectivity index (χ0v) is 8.30. The molecule has 0 bridgehead atoms. The van der Waals surface area contributed by atoms with Crippen LogP contribution in [0.4, 0.5) is 0 Å². The Bertz CT molecular complexity index is 262. The van der Waals surface area contributed by atoms with Crippen molar-refractivity contribution >= 4 is 24.8 Å². The summed E-state index contributed by atoms with van der Waals surface area (Å²) in [6, 6.07) is 3.61. The van der Waals surface area contributed by atoms with Crippen LogP contribution in [0.25, 0.3) is 0 Å². The third-order valence-corrected chi connectivity index (χ3v) is 1.27. The third kappa shape index (κ3) is 3.76. The van der Waals surface area contributed by atoms with Gasteiger partial charge in [0.1, 0.15) is 0 Å². The second-order valence-corrected chi connectivity index (χ2v) is 2.05. The zero-order chi connectivity index (χ0) is 7.40. The molecule has 0 amide bonds. The van der Waals surface area contributed by atoms with Crippen molar-refractivity contribution in [3.8, 4) is 0 Å². The largest absolute Gasteiger partial charge is 0.329 e. The lowest BCUT2D eigenvalue weighted by Crippen LogP contribution is -2.17. The van der Waals surface area contributed by atoms with E-state index < -0.39 is 0 Å². The molecule has 1 heterocycles. The lowest BCUT2D eigenvalue weighted by molar-refractivity contribution is 0.805. The molecule has 0 radical (unpaired) electrons. The SMILES string of the molecule is CNCc1ccc[nH]c1=O.Cl.Cl. The minimum atomic E-state index is -0.0168. The smallest absolute Gasteiger partial charge is 0.252 e. The second-order valence-electron chi connectivity index (χ2n) is 2.05. The molecule has 0 aromatic carbocycles. The standard InChI is InChI=1S/C7H10N2O.2ClH/c1-8-5-6-3-2-4-9-7(6)10;;/h2-4,8H,5H2,1H3,(H,9,10);2*1H. The van der Waals surface area contributed by atoms with E-state index >= 15 is 0 Å². The van der Waals surface area contributed by atoms with E-state index in [-0.39, 0.29) is 30.4 Å². The lowest BCUT2D eigenvalue weighted by Gasteiger charge is -1.95. The number of aromatic amines is 1. The Hall–Kier alpha value is -0.510. The van der Waals surface area contributed by atoms with E-state index in [2.05, 4.69) is 10.3 Å². The third-order valence-electron chi connectivity index (χ3n) is 1.27. The van der Waals surface area contributed by atoms with Crippen LogP contribution in [-0.4, -0.2) is 12.0 Å². The van der Waals surface area contributed by atoms with Gasteiger partial charge >= 0.3 is 0 Å². The Morgan fingerprint density at radius 2 is 2.17 bits per heavy atom. The summed E-state index contributed by atoms with van der Waals surface area (Å²) in [6.45, 7) is 0.621. The highest BCUT2D eigenvalue weighted by Gasteiger charge is 1.92. The number of aromatic nitrogens is 1. The van der Waals surface area contributed by atoms with E-state index in [1.165, 1.54) is 0 Å². The summed E-state index contributed by atoms with van der Waals surface area (Å²) >= 11 is 0. The van der Waals surface area contributed by atoms with Crippen molar-refractivity contribution in [2.75, 3.05) is 7.05 Å². The van der Waals surface area contributed by atoms with E-state index in [1.807, 2.05) is 13.1 Å². The first-order valence-electron chi connectivity index (χ1n) is 3.16. The van der Waals surface area contributed by atoms with Gasteiger partial charge in [0.05, 0.1) is 0 Å². The topological polar surface area (TPSA) is 44.9 Å². The molecule has 0 atom stereocenters. The molecular formula is C7H12Cl2N2O. The van der Waals surface area contributed by atoms with Gasteiger partial charge in [-0.1, -0.05) is 6.07 Å². The van der Waals surface area contributed by atoms with Crippen LogP contribution in [0.2, 0.25) is 0 Å². The van der Waals surface area contributed by atoms with E-state index in [4.69, 9.17) is 0 Å². The number of hydrogen-bond acceptors (Lipinski definition) is 2.